The molecular weight excluding hydrogens is 445 g/mol. The molecule has 7 nitrogen and oxygen atoms in total. The number of alkyl halides is 2. The van der Waals surface area contributed by atoms with E-state index in [1.54, 1.807) is 12.3 Å². The largest absolute Gasteiger partial charge is 0.485 e. The number of aromatic nitrogens is 3. The van der Waals surface area contributed by atoms with Gasteiger partial charge in [-0.05, 0) is 60.9 Å². The monoisotopic (exact) mass is 468 g/mol. The molecule has 2 bridgehead atoms. The molecule has 0 spiro atoms. The number of nitrogens with zero attached hydrogens (tertiary/aromatic N) is 4. The van der Waals surface area contributed by atoms with Crippen molar-refractivity contribution in [2.45, 2.75) is 32.3 Å². The van der Waals surface area contributed by atoms with Gasteiger partial charge in [0.2, 0.25) is 0 Å². The van der Waals surface area contributed by atoms with Gasteiger partial charge >= 0.3 is 0 Å². The highest BCUT2D eigenvalue weighted by Gasteiger charge is 2.25. The minimum absolute atomic E-state index is 0.0696. The molecule has 0 radical (unpaired) electrons. The number of nitrogen functional groups attached to an aromatic ring is 1. The van der Waals surface area contributed by atoms with Gasteiger partial charge in [0.25, 0.3) is 6.43 Å². The number of rotatable bonds is 3. The van der Waals surface area contributed by atoms with E-state index in [-0.39, 0.29) is 24.5 Å². The molecule has 1 aromatic carbocycles. The molecule has 0 saturated heterocycles. The van der Waals surface area contributed by atoms with E-state index in [4.69, 9.17) is 21.2 Å². The van der Waals surface area contributed by atoms with E-state index in [0.717, 1.165) is 12.8 Å². The molecule has 34 heavy (non-hydrogen) atoms. The van der Waals surface area contributed by atoms with E-state index in [9.17, 15) is 13.2 Å². The molecule has 3 heterocycles. The Labute approximate surface area is 194 Å². The van der Waals surface area contributed by atoms with E-state index in [1.807, 2.05) is 0 Å². The molecule has 5 rings (SSSR count). The van der Waals surface area contributed by atoms with Crippen LogP contribution in [-0.4, -0.2) is 27.0 Å². The lowest BCUT2D eigenvalue weighted by atomic mass is 9.99. The Morgan fingerprint density at radius 1 is 1.24 bits per heavy atom. The van der Waals surface area contributed by atoms with Crippen LogP contribution in [0.3, 0.4) is 0 Å². The van der Waals surface area contributed by atoms with Gasteiger partial charge in [-0.3, -0.25) is 4.99 Å². The Morgan fingerprint density at radius 3 is 2.79 bits per heavy atom. The predicted octanol–water partition coefficient (Wildman–Crippen LogP) is 4.10. The van der Waals surface area contributed by atoms with Crippen molar-refractivity contribution in [2.24, 2.45) is 16.6 Å². The summed E-state index contributed by atoms with van der Waals surface area (Å²) in [6.07, 6.45) is 2.63. The Morgan fingerprint density at radius 2 is 2.06 bits per heavy atom. The van der Waals surface area contributed by atoms with Gasteiger partial charge in [0.15, 0.2) is 11.6 Å². The SMILES string of the molecule is NC=C1Cc2cc(C(F)F)nn2-c2ccc(F)cc2COc2cc(cnc2N)C1=NCC1CC1. The summed E-state index contributed by atoms with van der Waals surface area (Å²) >= 11 is 0. The summed E-state index contributed by atoms with van der Waals surface area (Å²) in [6, 6.07) is 7.07. The molecule has 0 unspecified atom stereocenters. The fraction of sp³-hybridized carbons (Fsp3) is 0.292. The van der Waals surface area contributed by atoms with Crippen LogP contribution < -0.4 is 16.2 Å². The zero-order chi connectivity index (χ0) is 23.8. The van der Waals surface area contributed by atoms with Gasteiger partial charge in [-0.2, -0.15) is 5.10 Å². The number of aliphatic imine (C=N–C) groups is 1. The van der Waals surface area contributed by atoms with E-state index in [2.05, 4.69) is 10.1 Å². The van der Waals surface area contributed by atoms with Crippen LogP contribution >= 0.6 is 0 Å². The van der Waals surface area contributed by atoms with Crippen LogP contribution in [0.5, 0.6) is 5.75 Å². The zero-order valence-electron chi connectivity index (χ0n) is 18.2. The molecule has 0 atom stereocenters. The molecule has 1 aliphatic heterocycles. The van der Waals surface area contributed by atoms with Crippen molar-refractivity contribution in [3.63, 3.8) is 0 Å². The van der Waals surface area contributed by atoms with Gasteiger partial charge in [-0.25, -0.2) is 22.8 Å². The number of halogens is 3. The lowest BCUT2D eigenvalue weighted by Crippen LogP contribution is -2.16. The Balaban J connectivity index is 1.70. The van der Waals surface area contributed by atoms with Gasteiger partial charge in [0.1, 0.15) is 18.1 Å². The van der Waals surface area contributed by atoms with Crippen LogP contribution in [0.2, 0.25) is 0 Å². The van der Waals surface area contributed by atoms with Gasteiger partial charge in [-0.15, -0.1) is 0 Å². The third kappa shape index (κ3) is 4.35. The number of nitrogens with two attached hydrogens (primary N) is 2. The van der Waals surface area contributed by atoms with E-state index < -0.39 is 12.2 Å². The first-order valence-corrected chi connectivity index (χ1v) is 10.9. The number of pyridine rings is 1. The highest BCUT2D eigenvalue weighted by atomic mass is 19.3. The predicted molar refractivity (Wildman–Crippen MR) is 122 cm³/mol. The number of anilines is 1. The maximum absolute atomic E-state index is 14.1. The van der Waals surface area contributed by atoms with Crippen molar-refractivity contribution in [1.82, 2.24) is 14.8 Å². The number of hydrogen-bond acceptors (Lipinski definition) is 6. The topological polar surface area (TPSA) is 104 Å². The average Bonchev–Trinajstić information content (AvgIpc) is 3.55. The lowest BCUT2D eigenvalue weighted by Gasteiger charge is -2.18. The number of fused-ring (bicyclic) bond motifs is 5. The summed E-state index contributed by atoms with van der Waals surface area (Å²) in [5.74, 6) is 0.494. The van der Waals surface area contributed by atoms with Crippen molar-refractivity contribution < 1.29 is 17.9 Å². The fourth-order valence-corrected chi connectivity index (χ4v) is 3.93. The molecule has 4 N–H and O–H groups in total. The molecule has 1 aliphatic carbocycles. The number of ether oxygens (including phenoxy) is 1. The summed E-state index contributed by atoms with van der Waals surface area (Å²) in [5.41, 5.74) is 14.8. The van der Waals surface area contributed by atoms with Crippen LogP contribution in [0.25, 0.3) is 5.69 Å². The second-order valence-corrected chi connectivity index (χ2v) is 8.44. The Bertz CT molecular complexity index is 1300. The summed E-state index contributed by atoms with van der Waals surface area (Å²) in [5, 5.41) is 4.12. The second-order valence-electron chi connectivity index (χ2n) is 8.44. The van der Waals surface area contributed by atoms with Gasteiger partial charge in [-0.1, -0.05) is 0 Å². The van der Waals surface area contributed by atoms with Gasteiger partial charge in [0.05, 0.1) is 11.4 Å². The van der Waals surface area contributed by atoms with E-state index in [1.165, 1.54) is 35.1 Å². The normalized spacial score (nSPS) is 18.2. The standard InChI is InChI=1S/C24H23F3N6O/c25-17-3-4-20-16(5-17)12-34-21-7-15(11-31-24(21)29)22(30-10-13-1-2-13)14(9-28)6-18-8-19(23(26)27)32-33(18)20/h3-5,7-9,11,13,23H,1-2,6,10,12,28H2,(H2,29,31). The third-order valence-electron chi connectivity index (χ3n) is 5.92. The maximum Gasteiger partial charge on any atom is 0.282 e. The highest BCUT2D eigenvalue weighted by molar-refractivity contribution is 6.13. The summed E-state index contributed by atoms with van der Waals surface area (Å²) in [4.78, 5) is 9.05. The van der Waals surface area contributed by atoms with E-state index >= 15 is 0 Å². The first-order chi connectivity index (χ1) is 16.4. The molecule has 0 amide bonds. The number of benzene rings is 1. The minimum atomic E-state index is -2.77. The average molecular weight is 468 g/mol. The summed E-state index contributed by atoms with van der Waals surface area (Å²) in [6.45, 7) is 0.552. The van der Waals surface area contributed by atoms with E-state index in [0.29, 0.717) is 52.0 Å². The number of hydrogen-bond donors (Lipinski definition) is 2. The minimum Gasteiger partial charge on any atom is -0.485 e. The molecule has 3 aromatic rings. The third-order valence-corrected chi connectivity index (χ3v) is 5.92. The quantitative estimate of drug-likeness (QED) is 0.602. The first kappa shape index (κ1) is 22.0. The summed E-state index contributed by atoms with van der Waals surface area (Å²) in [7, 11) is 0. The van der Waals surface area contributed by atoms with Crippen molar-refractivity contribution in [3.8, 4) is 11.4 Å². The Hall–Kier alpha value is -3.82. The molecular formula is C24H23F3N6O. The maximum atomic E-state index is 14.1. The first-order valence-electron chi connectivity index (χ1n) is 10.9. The molecule has 1 saturated carbocycles. The molecule has 1 fully saturated rings. The molecule has 2 aromatic heterocycles. The van der Waals surface area contributed by atoms with Crippen molar-refractivity contribution in [1.29, 1.82) is 0 Å². The number of allylic oxidation sites excluding steroid dienone is 1. The smallest absolute Gasteiger partial charge is 0.282 e. The lowest BCUT2D eigenvalue weighted by molar-refractivity contribution is 0.145. The van der Waals surface area contributed by atoms with Crippen molar-refractivity contribution >= 4 is 11.5 Å². The van der Waals surface area contributed by atoms with Crippen molar-refractivity contribution in [3.05, 3.63) is 76.6 Å². The molecule has 10 heteroatoms. The second kappa shape index (κ2) is 8.85. The molecule has 2 aliphatic rings. The highest BCUT2D eigenvalue weighted by Crippen LogP contribution is 2.32. The zero-order valence-corrected chi connectivity index (χ0v) is 18.2. The van der Waals surface area contributed by atoms with Crippen LogP contribution in [-0.2, 0) is 13.0 Å². The van der Waals surface area contributed by atoms with Crippen molar-refractivity contribution in [2.75, 3.05) is 12.3 Å². The van der Waals surface area contributed by atoms with Crippen LogP contribution in [0.4, 0.5) is 19.0 Å². The van der Waals surface area contributed by atoms with Gasteiger partial charge < -0.3 is 16.2 Å². The van der Waals surface area contributed by atoms with Crippen LogP contribution in [0, 0.1) is 11.7 Å². The summed E-state index contributed by atoms with van der Waals surface area (Å²) < 4.78 is 48.6. The Kier molecular flexibility index (Phi) is 5.72. The fourth-order valence-electron chi connectivity index (χ4n) is 3.93. The van der Waals surface area contributed by atoms with Crippen LogP contribution in [0.1, 0.15) is 41.8 Å². The van der Waals surface area contributed by atoms with Crippen LogP contribution in [0.15, 0.2) is 53.3 Å². The molecule has 176 valence electrons. The van der Waals surface area contributed by atoms with Gasteiger partial charge in [0, 0.05) is 36.0 Å².